The molecular formula is C15H24N2O2. The van der Waals surface area contributed by atoms with Crippen molar-refractivity contribution in [1.29, 1.82) is 0 Å². The van der Waals surface area contributed by atoms with Crippen LogP contribution >= 0.6 is 0 Å². The van der Waals surface area contributed by atoms with Gasteiger partial charge in [0, 0.05) is 17.7 Å². The quantitative estimate of drug-likeness (QED) is 0.577. The molecule has 106 valence electrons. The number of hydrogen-bond acceptors (Lipinski definition) is 3. The maximum atomic E-state index is 11.0. The largest absolute Gasteiger partial charge is 0.314 e. The lowest BCUT2D eigenvalue weighted by Gasteiger charge is -2.23. The van der Waals surface area contributed by atoms with Crippen molar-refractivity contribution in [3.8, 4) is 0 Å². The van der Waals surface area contributed by atoms with E-state index in [9.17, 15) is 10.1 Å². The van der Waals surface area contributed by atoms with Crippen LogP contribution in [-0.2, 0) is 6.42 Å². The molecule has 1 N–H and O–H groups in total. The van der Waals surface area contributed by atoms with E-state index in [1.165, 1.54) is 0 Å². The van der Waals surface area contributed by atoms with Gasteiger partial charge in [-0.3, -0.25) is 10.1 Å². The minimum atomic E-state index is -0.288. The highest BCUT2D eigenvalue weighted by molar-refractivity contribution is 5.39. The topological polar surface area (TPSA) is 55.2 Å². The highest BCUT2D eigenvalue weighted by Gasteiger charge is 2.17. The van der Waals surface area contributed by atoms with Crippen molar-refractivity contribution in [2.24, 2.45) is 5.92 Å². The van der Waals surface area contributed by atoms with Crippen LogP contribution in [0.25, 0.3) is 0 Å². The molecule has 4 heteroatoms. The first-order valence-electron chi connectivity index (χ1n) is 7.05. The smallest absolute Gasteiger partial charge is 0.272 e. The molecule has 19 heavy (non-hydrogen) atoms. The zero-order valence-corrected chi connectivity index (χ0v) is 12.1. The summed E-state index contributed by atoms with van der Waals surface area (Å²) in [6, 6.07) is 7.50. The zero-order valence-electron chi connectivity index (χ0n) is 12.1. The fraction of sp³-hybridized carbons (Fsp3) is 0.600. The van der Waals surface area contributed by atoms with Gasteiger partial charge < -0.3 is 5.32 Å². The van der Waals surface area contributed by atoms with Crippen LogP contribution in [0.2, 0.25) is 0 Å². The summed E-state index contributed by atoms with van der Waals surface area (Å²) in [7, 11) is 0. The summed E-state index contributed by atoms with van der Waals surface area (Å²) in [4.78, 5) is 10.7. The van der Waals surface area contributed by atoms with E-state index in [0.29, 0.717) is 12.0 Å². The molecule has 0 fully saturated rings. The average molecular weight is 264 g/mol. The number of nitrogens with zero attached hydrogens (tertiary/aromatic N) is 1. The minimum Gasteiger partial charge on any atom is -0.314 e. The van der Waals surface area contributed by atoms with Crippen molar-refractivity contribution in [2.75, 3.05) is 6.54 Å². The monoisotopic (exact) mass is 264 g/mol. The van der Waals surface area contributed by atoms with E-state index < -0.39 is 0 Å². The molecule has 0 aliphatic carbocycles. The molecule has 1 aromatic rings. The van der Waals surface area contributed by atoms with Crippen molar-refractivity contribution in [3.05, 3.63) is 39.9 Å². The van der Waals surface area contributed by atoms with Gasteiger partial charge >= 0.3 is 0 Å². The maximum Gasteiger partial charge on any atom is 0.272 e. The van der Waals surface area contributed by atoms with Gasteiger partial charge in [-0.25, -0.2) is 0 Å². The lowest BCUT2D eigenvalue weighted by molar-refractivity contribution is -0.385. The van der Waals surface area contributed by atoms with Crippen molar-refractivity contribution in [1.82, 2.24) is 5.32 Å². The Morgan fingerprint density at radius 2 is 2.00 bits per heavy atom. The summed E-state index contributed by atoms with van der Waals surface area (Å²) in [6.45, 7) is 7.43. The van der Waals surface area contributed by atoms with E-state index in [0.717, 1.165) is 31.4 Å². The Labute approximate surface area is 115 Å². The third-order valence-electron chi connectivity index (χ3n) is 3.73. The number of nitrogens with one attached hydrogen (secondary N) is 1. The second-order valence-corrected chi connectivity index (χ2v) is 4.94. The molecule has 0 bridgehead atoms. The lowest BCUT2D eigenvalue weighted by Crippen LogP contribution is -2.33. The molecule has 0 heterocycles. The molecule has 0 spiro atoms. The van der Waals surface area contributed by atoms with Crippen LogP contribution in [0, 0.1) is 16.0 Å². The predicted molar refractivity (Wildman–Crippen MR) is 78.3 cm³/mol. The van der Waals surface area contributed by atoms with Gasteiger partial charge in [-0.05, 0) is 32.2 Å². The van der Waals surface area contributed by atoms with Crippen LogP contribution in [0.15, 0.2) is 24.3 Å². The van der Waals surface area contributed by atoms with E-state index >= 15 is 0 Å². The third-order valence-corrected chi connectivity index (χ3v) is 3.73. The van der Waals surface area contributed by atoms with Gasteiger partial charge in [0.15, 0.2) is 0 Å². The molecule has 0 saturated carbocycles. The van der Waals surface area contributed by atoms with E-state index in [2.05, 4.69) is 26.1 Å². The van der Waals surface area contributed by atoms with E-state index in [4.69, 9.17) is 0 Å². The maximum absolute atomic E-state index is 11.0. The van der Waals surface area contributed by atoms with E-state index in [1.807, 2.05) is 12.1 Å². The summed E-state index contributed by atoms with van der Waals surface area (Å²) in [6.07, 6.45) is 2.84. The zero-order chi connectivity index (χ0) is 14.3. The van der Waals surface area contributed by atoms with Gasteiger partial charge in [-0.2, -0.15) is 0 Å². The Morgan fingerprint density at radius 1 is 1.32 bits per heavy atom. The van der Waals surface area contributed by atoms with Crippen molar-refractivity contribution >= 4 is 5.69 Å². The van der Waals surface area contributed by atoms with Gasteiger partial charge in [-0.15, -0.1) is 0 Å². The van der Waals surface area contributed by atoms with Gasteiger partial charge in [0.25, 0.3) is 5.69 Å². The number of hydrogen-bond donors (Lipinski definition) is 1. The molecule has 0 aromatic heterocycles. The summed E-state index contributed by atoms with van der Waals surface area (Å²) >= 11 is 0. The Morgan fingerprint density at radius 3 is 2.58 bits per heavy atom. The molecule has 1 aromatic carbocycles. The van der Waals surface area contributed by atoms with Crippen molar-refractivity contribution in [3.63, 3.8) is 0 Å². The molecule has 4 nitrogen and oxygen atoms in total. The molecular weight excluding hydrogens is 240 g/mol. The van der Waals surface area contributed by atoms with Gasteiger partial charge in [0.05, 0.1) is 4.92 Å². The standard InChI is InChI=1S/C15H24N2O2/c1-4-13(12(3)16-5-2)10-11-14-8-6-7-9-15(14)17(18)19/h6-9,12-13,16H,4-5,10-11H2,1-3H3. The normalized spacial score (nSPS) is 14.1. The minimum absolute atomic E-state index is 0.244. The first-order chi connectivity index (χ1) is 9.10. The fourth-order valence-electron chi connectivity index (χ4n) is 2.54. The molecule has 0 radical (unpaired) electrons. The molecule has 0 aliphatic rings. The highest BCUT2D eigenvalue weighted by atomic mass is 16.6. The number of benzene rings is 1. The Hall–Kier alpha value is -1.42. The van der Waals surface area contributed by atoms with Crippen LogP contribution < -0.4 is 5.32 Å². The van der Waals surface area contributed by atoms with Crippen molar-refractivity contribution < 1.29 is 4.92 Å². The molecule has 0 saturated heterocycles. The summed E-state index contributed by atoms with van der Waals surface area (Å²) in [5, 5.41) is 14.4. The van der Waals surface area contributed by atoms with Crippen LogP contribution in [0.5, 0.6) is 0 Å². The summed E-state index contributed by atoms with van der Waals surface area (Å²) < 4.78 is 0. The van der Waals surface area contributed by atoms with Crippen LogP contribution in [-0.4, -0.2) is 17.5 Å². The van der Waals surface area contributed by atoms with Crippen LogP contribution in [0.3, 0.4) is 0 Å². The molecule has 0 aliphatic heterocycles. The lowest BCUT2D eigenvalue weighted by atomic mass is 9.91. The Balaban J connectivity index is 2.67. The number of nitro benzene ring substituents is 1. The first-order valence-corrected chi connectivity index (χ1v) is 7.05. The van der Waals surface area contributed by atoms with Gasteiger partial charge in [0.1, 0.15) is 0 Å². The number of rotatable bonds is 8. The SMILES string of the molecule is CCNC(C)C(CC)CCc1ccccc1[N+](=O)[O-]. The molecule has 1 rings (SSSR count). The summed E-state index contributed by atoms with van der Waals surface area (Å²) in [5.74, 6) is 0.555. The number of aryl methyl sites for hydroxylation is 1. The summed E-state index contributed by atoms with van der Waals surface area (Å²) in [5.41, 5.74) is 1.09. The number of para-hydroxylation sites is 1. The van der Waals surface area contributed by atoms with E-state index in [-0.39, 0.29) is 10.6 Å². The molecule has 2 atom stereocenters. The average Bonchev–Trinajstić information content (AvgIpc) is 2.40. The van der Waals surface area contributed by atoms with Gasteiger partial charge in [-0.1, -0.05) is 38.5 Å². The van der Waals surface area contributed by atoms with Crippen LogP contribution in [0.1, 0.15) is 39.2 Å². The Kier molecular flexibility index (Phi) is 6.50. The van der Waals surface area contributed by atoms with Crippen molar-refractivity contribution in [2.45, 2.75) is 46.1 Å². The number of nitro groups is 1. The molecule has 0 amide bonds. The Bertz CT molecular complexity index is 407. The van der Waals surface area contributed by atoms with Gasteiger partial charge in [0.2, 0.25) is 0 Å². The second kappa shape index (κ2) is 7.89. The van der Waals surface area contributed by atoms with E-state index in [1.54, 1.807) is 12.1 Å². The third kappa shape index (κ3) is 4.63. The highest BCUT2D eigenvalue weighted by Crippen LogP contribution is 2.23. The fourth-order valence-corrected chi connectivity index (χ4v) is 2.54. The second-order valence-electron chi connectivity index (χ2n) is 4.94. The van der Waals surface area contributed by atoms with Crippen LogP contribution in [0.4, 0.5) is 5.69 Å². The predicted octanol–water partition coefficient (Wildman–Crippen LogP) is 3.55. The molecule has 2 unspecified atom stereocenters. The first kappa shape index (κ1) is 15.6.